The van der Waals surface area contributed by atoms with Crippen LogP contribution in [0, 0.1) is 16.7 Å². The van der Waals surface area contributed by atoms with Gasteiger partial charge in [0, 0.05) is 26.5 Å². The first kappa shape index (κ1) is 18.1. The molecule has 140 valence electrons. The standard InChI is InChI=1S/C18H24N6O2.H2/c1-18(2)9-14(3-4-15(18)25)22-16-12(10-19)11-21-17(23-16)20-7-5-13-6-8-26-24-13;/h6,8,11,14-15,25H,3-5,7,9H2,1-2H3,(H2,20,21,22,23);1H/t14-,15+;/m1./s1. The highest BCUT2D eigenvalue weighted by Gasteiger charge is 2.35. The van der Waals surface area contributed by atoms with Crippen LogP contribution < -0.4 is 10.6 Å². The number of aliphatic hydroxyl groups excluding tert-OH is 1. The molecule has 8 heteroatoms. The minimum absolute atomic E-state index is 0. The van der Waals surface area contributed by atoms with E-state index in [1.807, 2.05) is 6.07 Å². The van der Waals surface area contributed by atoms with Crippen LogP contribution in [0.4, 0.5) is 11.8 Å². The molecule has 8 nitrogen and oxygen atoms in total. The third-order valence-corrected chi connectivity index (χ3v) is 4.87. The number of hydrogen-bond donors (Lipinski definition) is 3. The quantitative estimate of drug-likeness (QED) is 0.721. The monoisotopic (exact) mass is 358 g/mol. The molecule has 2 aromatic rings. The Bertz CT molecular complexity index is 775. The van der Waals surface area contributed by atoms with E-state index < -0.39 is 0 Å². The van der Waals surface area contributed by atoms with Crippen LogP contribution in [0.2, 0.25) is 0 Å². The Morgan fingerprint density at radius 1 is 1.46 bits per heavy atom. The Labute approximate surface area is 154 Å². The van der Waals surface area contributed by atoms with Crippen molar-refractivity contribution in [1.82, 2.24) is 15.1 Å². The summed E-state index contributed by atoms with van der Waals surface area (Å²) in [5.74, 6) is 0.994. The van der Waals surface area contributed by atoms with Gasteiger partial charge in [0.1, 0.15) is 23.7 Å². The van der Waals surface area contributed by atoms with Crippen molar-refractivity contribution in [2.75, 3.05) is 17.2 Å². The summed E-state index contributed by atoms with van der Waals surface area (Å²) >= 11 is 0. The van der Waals surface area contributed by atoms with E-state index in [0.717, 1.165) is 25.0 Å². The summed E-state index contributed by atoms with van der Waals surface area (Å²) in [6.45, 7) is 4.74. The van der Waals surface area contributed by atoms with Gasteiger partial charge in [0.2, 0.25) is 5.95 Å². The maximum atomic E-state index is 10.1. The van der Waals surface area contributed by atoms with E-state index in [1.165, 1.54) is 12.5 Å². The molecule has 1 aliphatic carbocycles. The number of aliphatic hydroxyl groups is 1. The third kappa shape index (κ3) is 4.29. The predicted molar refractivity (Wildman–Crippen MR) is 98.6 cm³/mol. The van der Waals surface area contributed by atoms with Gasteiger partial charge in [0.15, 0.2) is 0 Å². The molecule has 0 amide bonds. The van der Waals surface area contributed by atoms with Crippen molar-refractivity contribution in [2.45, 2.75) is 51.7 Å². The van der Waals surface area contributed by atoms with Crippen LogP contribution in [0.5, 0.6) is 0 Å². The molecule has 1 aliphatic rings. The van der Waals surface area contributed by atoms with Gasteiger partial charge in [-0.1, -0.05) is 19.0 Å². The van der Waals surface area contributed by atoms with E-state index >= 15 is 0 Å². The summed E-state index contributed by atoms with van der Waals surface area (Å²) in [6, 6.07) is 4.11. The Morgan fingerprint density at radius 2 is 2.31 bits per heavy atom. The Balaban J connectivity index is 0.00000261. The summed E-state index contributed by atoms with van der Waals surface area (Å²) in [5, 5.41) is 29.8. The molecule has 1 saturated carbocycles. The first-order valence-corrected chi connectivity index (χ1v) is 8.83. The number of nitrogens with one attached hydrogen (secondary N) is 2. The molecule has 26 heavy (non-hydrogen) atoms. The van der Waals surface area contributed by atoms with Crippen molar-refractivity contribution >= 4 is 11.8 Å². The molecule has 0 aromatic carbocycles. The van der Waals surface area contributed by atoms with Gasteiger partial charge >= 0.3 is 0 Å². The fourth-order valence-electron chi connectivity index (χ4n) is 3.27. The van der Waals surface area contributed by atoms with E-state index in [2.05, 4.69) is 45.7 Å². The van der Waals surface area contributed by atoms with E-state index in [0.29, 0.717) is 30.3 Å². The second-order valence-corrected chi connectivity index (χ2v) is 7.36. The topological polar surface area (TPSA) is 120 Å². The fourth-order valence-corrected chi connectivity index (χ4v) is 3.27. The van der Waals surface area contributed by atoms with Crippen molar-refractivity contribution in [3.05, 3.63) is 29.8 Å². The number of nitrogens with zero attached hydrogens (tertiary/aromatic N) is 4. The van der Waals surface area contributed by atoms with E-state index in [9.17, 15) is 10.4 Å². The normalized spacial score (nSPS) is 21.8. The van der Waals surface area contributed by atoms with Crippen LogP contribution in [0.1, 0.15) is 45.8 Å². The number of rotatable bonds is 6. The van der Waals surface area contributed by atoms with Crippen molar-refractivity contribution < 1.29 is 11.1 Å². The van der Waals surface area contributed by atoms with Gasteiger partial charge < -0.3 is 20.3 Å². The fraction of sp³-hybridized carbons (Fsp3) is 0.556. The number of hydrogen-bond acceptors (Lipinski definition) is 8. The lowest BCUT2D eigenvalue weighted by atomic mass is 9.73. The smallest absolute Gasteiger partial charge is 0.224 e. The van der Waals surface area contributed by atoms with Gasteiger partial charge in [-0.25, -0.2) is 4.98 Å². The third-order valence-electron chi connectivity index (χ3n) is 4.87. The average molecular weight is 358 g/mol. The summed E-state index contributed by atoms with van der Waals surface area (Å²) in [6.07, 6.45) is 5.86. The first-order chi connectivity index (χ1) is 12.5. The molecule has 0 aliphatic heterocycles. The average Bonchev–Trinajstić information content (AvgIpc) is 3.12. The molecule has 0 radical (unpaired) electrons. The molecule has 0 unspecified atom stereocenters. The van der Waals surface area contributed by atoms with Crippen LogP contribution >= 0.6 is 0 Å². The molecular weight excluding hydrogens is 332 g/mol. The lowest BCUT2D eigenvalue weighted by Gasteiger charge is -2.40. The van der Waals surface area contributed by atoms with Gasteiger partial charge in [-0.2, -0.15) is 10.2 Å². The van der Waals surface area contributed by atoms with Crippen LogP contribution in [-0.4, -0.2) is 38.9 Å². The van der Waals surface area contributed by atoms with E-state index in [-0.39, 0.29) is 19.0 Å². The number of nitriles is 1. The van der Waals surface area contributed by atoms with Gasteiger partial charge in [0.25, 0.3) is 0 Å². The summed E-state index contributed by atoms with van der Waals surface area (Å²) in [4.78, 5) is 8.66. The highest BCUT2D eigenvalue weighted by Crippen LogP contribution is 2.36. The molecule has 3 rings (SSSR count). The SMILES string of the molecule is CC1(C)C[C@H](Nc2nc(NCCc3ccon3)ncc2C#N)CC[C@@H]1O.[HH]. The molecule has 1 fully saturated rings. The van der Waals surface area contributed by atoms with E-state index in [1.54, 1.807) is 0 Å². The largest absolute Gasteiger partial charge is 0.393 e. The minimum Gasteiger partial charge on any atom is -0.393 e. The molecule has 2 atom stereocenters. The van der Waals surface area contributed by atoms with Gasteiger partial charge in [-0.3, -0.25) is 0 Å². The van der Waals surface area contributed by atoms with Crippen molar-refractivity contribution in [3.63, 3.8) is 0 Å². The number of anilines is 2. The Kier molecular flexibility index (Phi) is 5.38. The van der Waals surface area contributed by atoms with Crippen LogP contribution in [0.25, 0.3) is 0 Å². The molecule has 2 heterocycles. The summed E-state index contributed by atoms with van der Waals surface area (Å²) in [7, 11) is 0. The van der Waals surface area contributed by atoms with Crippen molar-refractivity contribution in [1.29, 1.82) is 5.26 Å². The predicted octanol–water partition coefficient (Wildman–Crippen LogP) is 2.59. The second-order valence-electron chi connectivity index (χ2n) is 7.36. The lowest BCUT2D eigenvalue weighted by Crippen LogP contribution is -2.41. The molecule has 0 spiro atoms. The summed E-state index contributed by atoms with van der Waals surface area (Å²) in [5.41, 5.74) is 1.11. The molecule has 3 N–H and O–H groups in total. The Morgan fingerprint density at radius 3 is 3.00 bits per heavy atom. The maximum Gasteiger partial charge on any atom is 0.224 e. The molecule has 0 bridgehead atoms. The van der Waals surface area contributed by atoms with Crippen LogP contribution in [0.3, 0.4) is 0 Å². The molecule has 2 aromatic heterocycles. The molecule has 0 saturated heterocycles. The van der Waals surface area contributed by atoms with Crippen molar-refractivity contribution in [2.24, 2.45) is 5.41 Å². The zero-order chi connectivity index (χ0) is 18.6. The van der Waals surface area contributed by atoms with Gasteiger partial charge in [-0.05, 0) is 24.7 Å². The first-order valence-electron chi connectivity index (χ1n) is 8.83. The maximum absolute atomic E-state index is 10.1. The lowest BCUT2D eigenvalue weighted by molar-refractivity contribution is 0.00926. The van der Waals surface area contributed by atoms with Crippen molar-refractivity contribution in [3.8, 4) is 6.07 Å². The van der Waals surface area contributed by atoms with Crippen LogP contribution in [0.15, 0.2) is 23.0 Å². The number of aromatic nitrogens is 3. The minimum atomic E-state index is -0.296. The zero-order valence-corrected chi connectivity index (χ0v) is 15.1. The van der Waals surface area contributed by atoms with Crippen LogP contribution in [-0.2, 0) is 6.42 Å². The summed E-state index contributed by atoms with van der Waals surface area (Å²) < 4.78 is 4.80. The van der Waals surface area contributed by atoms with Gasteiger partial charge in [-0.15, -0.1) is 0 Å². The van der Waals surface area contributed by atoms with Gasteiger partial charge in [0.05, 0.1) is 18.0 Å². The molecular formula is C18H26N6O2. The van der Waals surface area contributed by atoms with E-state index in [4.69, 9.17) is 4.52 Å². The second kappa shape index (κ2) is 7.70. The highest BCUT2D eigenvalue weighted by atomic mass is 16.5. The zero-order valence-electron chi connectivity index (χ0n) is 15.1. The highest BCUT2D eigenvalue weighted by molar-refractivity contribution is 5.54. The Hall–Kier alpha value is -2.66.